The van der Waals surface area contributed by atoms with Crippen LogP contribution in [0.5, 0.6) is 0 Å². The van der Waals surface area contributed by atoms with Gasteiger partial charge in [0, 0.05) is 12.0 Å². The van der Waals surface area contributed by atoms with Crippen molar-refractivity contribution in [3.63, 3.8) is 0 Å². The van der Waals surface area contributed by atoms with Crippen LogP contribution in [0.15, 0.2) is 0 Å². The van der Waals surface area contributed by atoms with Crippen molar-refractivity contribution in [1.29, 1.82) is 0 Å². The van der Waals surface area contributed by atoms with Crippen LogP contribution < -0.4 is 0 Å². The average molecular weight is 223 g/mol. The summed E-state index contributed by atoms with van der Waals surface area (Å²) in [6.07, 6.45) is 4.33. The molecule has 4 atom stereocenters. The highest BCUT2D eigenvalue weighted by molar-refractivity contribution is 5.90. The van der Waals surface area contributed by atoms with Crippen LogP contribution in [0.4, 0.5) is 0 Å². The van der Waals surface area contributed by atoms with Crippen LogP contribution in [0, 0.1) is 11.8 Å². The number of rotatable bonds is 1. The molecule has 0 aromatic heterocycles. The number of carboxylic acid groups (broad SMARTS) is 1. The van der Waals surface area contributed by atoms with Gasteiger partial charge in [0.2, 0.25) is 0 Å². The molecule has 88 valence electrons. The fourth-order valence-electron chi connectivity index (χ4n) is 3.82. The van der Waals surface area contributed by atoms with Crippen LogP contribution in [0.2, 0.25) is 0 Å². The Morgan fingerprint density at radius 2 is 2.12 bits per heavy atom. The first-order valence-electron chi connectivity index (χ1n) is 6.21. The zero-order valence-electron chi connectivity index (χ0n) is 9.26. The van der Waals surface area contributed by atoms with Gasteiger partial charge in [0.1, 0.15) is 0 Å². The first-order chi connectivity index (χ1) is 7.68. The van der Waals surface area contributed by atoms with Crippen molar-refractivity contribution in [3.05, 3.63) is 0 Å². The molecule has 3 rings (SSSR count). The van der Waals surface area contributed by atoms with Crippen molar-refractivity contribution >= 4 is 11.8 Å². The van der Waals surface area contributed by atoms with Gasteiger partial charge in [-0.2, -0.15) is 0 Å². The van der Waals surface area contributed by atoms with Gasteiger partial charge in [0.25, 0.3) is 0 Å². The van der Waals surface area contributed by atoms with Crippen molar-refractivity contribution in [1.82, 2.24) is 4.90 Å². The van der Waals surface area contributed by atoms with Gasteiger partial charge >= 0.3 is 5.97 Å². The van der Waals surface area contributed by atoms with Crippen LogP contribution in [-0.2, 0) is 9.59 Å². The molecule has 0 spiro atoms. The molecule has 4 nitrogen and oxygen atoms in total. The third-order valence-electron chi connectivity index (χ3n) is 4.58. The number of ketones is 1. The van der Waals surface area contributed by atoms with E-state index in [1.54, 1.807) is 0 Å². The molecule has 4 heteroatoms. The molecular weight excluding hydrogens is 206 g/mol. The molecule has 0 amide bonds. The molecule has 0 aromatic rings. The summed E-state index contributed by atoms with van der Waals surface area (Å²) >= 11 is 0. The fraction of sp³-hybridized carbons (Fsp3) is 0.833. The Hall–Kier alpha value is -0.900. The second-order valence-corrected chi connectivity index (χ2v) is 5.32. The van der Waals surface area contributed by atoms with Crippen molar-refractivity contribution < 1.29 is 14.7 Å². The van der Waals surface area contributed by atoms with E-state index in [0.717, 1.165) is 32.2 Å². The highest BCUT2D eigenvalue weighted by Crippen LogP contribution is 2.43. The van der Waals surface area contributed by atoms with Gasteiger partial charge in [0.15, 0.2) is 5.78 Å². The van der Waals surface area contributed by atoms with Crippen LogP contribution in [0.1, 0.15) is 32.1 Å². The summed E-state index contributed by atoms with van der Waals surface area (Å²) in [7, 11) is 0. The van der Waals surface area contributed by atoms with E-state index in [4.69, 9.17) is 5.11 Å². The number of nitrogens with zero attached hydrogens (tertiary/aromatic N) is 1. The largest absolute Gasteiger partial charge is 0.481 e. The number of hydrogen-bond acceptors (Lipinski definition) is 3. The number of Topliss-reactive ketones (excluding diaryl/α,β-unsaturated/α-hetero) is 1. The van der Waals surface area contributed by atoms with Crippen molar-refractivity contribution in [2.24, 2.45) is 11.8 Å². The Kier molecular flexibility index (Phi) is 2.28. The smallest absolute Gasteiger partial charge is 0.306 e. The number of hydrogen-bond donors (Lipinski definition) is 1. The van der Waals surface area contributed by atoms with E-state index in [1.807, 2.05) is 0 Å². The molecule has 1 saturated carbocycles. The van der Waals surface area contributed by atoms with Gasteiger partial charge in [-0.3, -0.25) is 14.5 Å². The van der Waals surface area contributed by atoms with E-state index >= 15 is 0 Å². The van der Waals surface area contributed by atoms with Crippen LogP contribution >= 0.6 is 0 Å². The number of carbonyl (C=O) groups is 2. The molecule has 0 aromatic carbocycles. The summed E-state index contributed by atoms with van der Waals surface area (Å²) in [5.41, 5.74) is 0. The lowest BCUT2D eigenvalue weighted by atomic mass is 9.77. The highest BCUT2D eigenvalue weighted by atomic mass is 16.4. The summed E-state index contributed by atoms with van der Waals surface area (Å²) in [6.45, 7) is 1.04. The summed E-state index contributed by atoms with van der Waals surface area (Å²) < 4.78 is 0. The molecule has 2 aliphatic heterocycles. The molecule has 0 bridgehead atoms. The molecule has 1 N–H and O–H groups in total. The standard InChI is InChI=1S/C12H17NO3/c14-11-8-6-7(12(15)16)3-4-9(8)13-5-1-2-10(11)13/h7-10H,1-6H2,(H,15,16)/t7-,8+,9+,10+/m1/s1. The zero-order valence-corrected chi connectivity index (χ0v) is 9.26. The number of fused-ring (bicyclic) bond motifs is 3. The van der Waals surface area contributed by atoms with Crippen LogP contribution in [0.3, 0.4) is 0 Å². The lowest BCUT2D eigenvalue weighted by Gasteiger charge is -2.32. The molecule has 0 unspecified atom stereocenters. The lowest BCUT2D eigenvalue weighted by Crippen LogP contribution is -2.38. The highest BCUT2D eigenvalue weighted by Gasteiger charge is 2.52. The van der Waals surface area contributed by atoms with Gasteiger partial charge in [0.05, 0.1) is 12.0 Å². The van der Waals surface area contributed by atoms with E-state index in [-0.39, 0.29) is 17.9 Å². The van der Waals surface area contributed by atoms with Crippen molar-refractivity contribution in [2.45, 2.75) is 44.2 Å². The van der Waals surface area contributed by atoms with Gasteiger partial charge in [-0.15, -0.1) is 0 Å². The normalized spacial score (nSPS) is 43.1. The number of carboxylic acids is 1. The van der Waals surface area contributed by atoms with Gasteiger partial charge < -0.3 is 5.11 Å². The summed E-state index contributed by atoms with van der Waals surface area (Å²) in [5.74, 6) is -0.669. The van der Waals surface area contributed by atoms with E-state index in [0.29, 0.717) is 18.2 Å². The van der Waals surface area contributed by atoms with E-state index < -0.39 is 5.97 Å². The minimum atomic E-state index is -0.724. The summed E-state index contributed by atoms with van der Waals surface area (Å²) in [6, 6.07) is 0.484. The molecule has 2 heterocycles. The molecule has 16 heavy (non-hydrogen) atoms. The summed E-state index contributed by atoms with van der Waals surface area (Å²) in [4.78, 5) is 25.5. The van der Waals surface area contributed by atoms with E-state index in [1.165, 1.54) is 0 Å². The van der Waals surface area contributed by atoms with E-state index in [2.05, 4.69) is 4.90 Å². The Labute approximate surface area is 94.6 Å². The van der Waals surface area contributed by atoms with Crippen LogP contribution in [-0.4, -0.2) is 40.4 Å². The second kappa shape index (κ2) is 3.55. The lowest BCUT2D eigenvalue weighted by molar-refractivity contribution is -0.143. The SMILES string of the molecule is O=C(O)[C@@H]1CC[C@H]2[C@H](C1)C(=O)[C@@H]1CCCN12. The predicted octanol–water partition coefficient (Wildman–Crippen LogP) is 0.903. The Bertz CT molecular complexity index is 341. The Morgan fingerprint density at radius 1 is 1.31 bits per heavy atom. The minimum Gasteiger partial charge on any atom is -0.481 e. The molecule has 0 radical (unpaired) electrons. The first kappa shape index (κ1) is 10.3. The van der Waals surface area contributed by atoms with E-state index in [9.17, 15) is 9.59 Å². The Balaban J connectivity index is 1.80. The minimum absolute atomic E-state index is 0.0140. The molecule has 3 aliphatic rings. The predicted molar refractivity (Wildman–Crippen MR) is 57.0 cm³/mol. The molecule has 1 aliphatic carbocycles. The average Bonchev–Trinajstić information content (AvgIpc) is 2.83. The molecule has 3 fully saturated rings. The second-order valence-electron chi connectivity index (χ2n) is 5.32. The maximum absolute atomic E-state index is 12.2. The topological polar surface area (TPSA) is 57.6 Å². The maximum atomic E-state index is 12.2. The maximum Gasteiger partial charge on any atom is 0.306 e. The quantitative estimate of drug-likeness (QED) is 0.717. The third kappa shape index (κ3) is 1.32. The molecule has 2 saturated heterocycles. The Morgan fingerprint density at radius 3 is 2.88 bits per heavy atom. The summed E-state index contributed by atoms with van der Waals surface area (Å²) in [5, 5.41) is 9.02. The third-order valence-corrected chi connectivity index (χ3v) is 4.58. The molecular formula is C12H17NO3. The van der Waals surface area contributed by atoms with Gasteiger partial charge in [-0.05, 0) is 38.6 Å². The van der Waals surface area contributed by atoms with Crippen LogP contribution in [0.25, 0.3) is 0 Å². The number of carbonyl (C=O) groups excluding carboxylic acids is 1. The van der Waals surface area contributed by atoms with Gasteiger partial charge in [-0.25, -0.2) is 0 Å². The van der Waals surface area contributed by atoms with Crippen molar-refractivity contribution in [3.8, 4) is 0 Å². The fourth-order valence-corrected chi connectivity index (χ4v) is 3.82. The number of aliphatic carboxylic acids is 1. The van der Waals surface area contributed by atoms with Crippen molar-refractivity contribution in [2.75, 3.05) is 6.54 Å². The van der Waals surface area contributed by atoms with Gasteiger partial charge in [-0.1, -0.05) is 0 Å². The first-order valence-corrected chi connectivity index (χ1v) is 6.21. The monoisotopic (exact) mass is 223 g/mol. The zero-order chi connectivity index (χ0) is 11.3.